The van der Waals surface area contributed by atoms with Crippen LogP contribution >= 0.6 is 0 Å². The maximum Gasteiger partial charge on any atom is 0.306 e. The molecule has 2 aromatic carbocycles. The Hall–Kier alpha value is -3.15. The van der Waals surface area contributed by atoms with Gasteiger partial charge in [0.2, 0.25) is 0 Å². The molecule has 0 radical (unpaired) electrons. The molecule has 1 atom stereocenters. The second-order valence-electron chi connectivity index (χ2n) is 7.44. The van der Waals surface area contributed by atoms with Crippen LogP contribution in [0.3, 0.4) is 0 Å². The number of ketones is 1. The normalized spacial score (nSPS) is 11.5. The Morgan fingerprint density at radius 2 is 1.61 bits per heavy atom. The Bertz CT molecular complexity index is 858. The van der Waals surface area contributed by atoms with Crippen LogP contribution in [0, 0.1) is 0 Å². The van der Waals surface area contributed by atoms with E-state index in [-0.39, 0.29) is 25.2 Å². The Kier molecular flexibility index (Phi) is 9.75. The first-order valence-corrected chi connectivity index (χ1v) is 10.7. The smallest absolute Gasteiger partial charge is 0.306 e. The lowest BCUT2D eigenvalue weighted by atomic mass is 9.99. The standard InChI is InChI=1S/C25H31NO5/c1-4-16-30-22-12-8-20(9-13-22)23(27)14-15-25(29)31-17-24(28)26-21-10-6-19(7-11-21)18(3)5-2/h6-13,18H,4-5,14-17H2,1-3H3,(H,26,28). The number of nitrogens with one attached hydrogen (secondary N) is 1. The van der Waals surface area contributed by atoms with Crippen LogP contribution in [0.15, 0.2) is 48.5 Å². The predicted molar refractivity (Wildman–Crippen MR) is 121 cm³/mol. The molecule has 6 heteroatoms. The minimum Gasteiger partial charge on any atom is -0.494 e. The Morgan fingerprint density at radius 3 is 2.23 bits per heavy atom. The fraction of sp³-hybridized carbons (Fsp3) is 0.400. The van der Waals surface area contributed by atoms with Crippen LogP contribution < -0.4 is 10.1 Å². The Labute approximate surface area is 183 Å². The van der Waals surface area contributed by atoms with Crippen LogP contribution in [-0.4, -0.2) is 30.9 Å². The summed E-state index contributed by atoms with van der Waals surface area (Å²) in [7, 11) is 0. The minimum absolute atomic E-state index is 0.0205. The van der Waals surface area contributed by atoms with Crippen molar-refractivity contribution in [3.8, 4) is 5.75 Å². The lowest BCUT2D eigenvalue weighted by molar-refractivity contribution is -0.147. The summed E-state index contributed by atoms with van der Waals surface area (Å²) in [4.78, 5) is 36.1. The van der Waals surface area contributed by atoms with Gasteiger partial charge < -0.3 is 14.8 Å². The number of rotatable bonds is 12. The molecule has 6 nitrogen and oxygen atoms in total. The molecule has 1 N–H and O–H groups in total. The van der Waals surface area contributed by atoms with E-state index in [1.54, 1.807) is 24.3 Å². The average Bonchev–Trinajstić information content (AvgIpc) is 2.80. The SMILES string of the molecule is CCCOc1ccc(C(=O)CCC(=O)OCC(=O)Nc2ccc(C(C)CC)cc2)cc1. The van der Waals surface area contributed by atoms with Gasteiger partial charge in [0.1, 0.15) is 5.75 Å². The first-order valence-electron chi connectivity index (χ1n) is 10.7. The van der Waals surface area contributed by atoms with Crippen LogP contribution in [0.4, 0.5) is 5.69 Å². The van der Waals surface area contributed by atoms with Gasteiger partial charge in [-0.05, 0) is 60.7 Å². The van der Waals surface area contributed by atoms with Crippen LogP contribution in [0.25, 0.3) is 0 Å². The van der Waals surface area contributed by atoms with Gasteiger partial charge in [0.05, 0.1) is 13.0 Å². The summed E-state index contributed by atoms with van der Waals surface area (Å²) in [6.07, 6.45) is 1.89. The monoisotopic (exact) mass is 425 g/mol. The van der Waals surface area contributed by atoms with Crippen molar-refractivity contribution in [1.29, 1.82) is 0 Å². The maximum absolute atomic E-state index is 12.2. The molecule has 0 saturated heterocycles. The highest BCUT2D eigenvalue weighted by Crippen LogP contribution is 2.20. The summed E-state index contributed by atoms with van der Waals surface area (Å²) in [6.45, 7) is 6.53. The largest absolute Gasteiger partial charge is 0.494 e. The molecule has 1 unspecified atom stereocenters. The quantitative estimate of drug-likeness (QED) is 0.376. The van der Waals surface area contributed by atoms with Crippen LogP contribution in [0.1, 0.15) is 68.3 Å². The van der Waals surface area contributed by atoms with Gasteiger partial charge in [-0.15, -0.1) is 0 Å². The van der Waals surface area contributed by atoms with E-state index in [0.717, 1.165) is 12.8 Å². The fourth-order valence-electron chi connectivity index (χ4n) is 2.86. The molecule has 2 aromatic rings. The van der Waals surface area contributed by atoms with Gasteiger partial charge in [-0.2, -0.15) is 0 Å². The number of ether oxygens (including phenoxy) is 2. The average molecular weight is 426 g/mol. The summed E-state index contributed by atoms with van der Waals surface area (Å²) in [5.41, 5.74) is 2.37. The van der Waals surface area contributed by atoms with Crippen LogP contribution in [-0.2, 0) is 14.3 Å². The molecule has 0 fully saturated rings. The molecule has 0 aromatic heterocycles. The topological polar surface area (TPSA) is 81.7 Å². The van der Waals surface area contributed by atoms with E-state index in [2.05, 4.69) is 19.2 Å². The molecule has 0 spiro atoms. The molecule has 166 valence electrons. The minimum atomic E-state index is -0.585. The van der Waals surface area contributed by atoms with Crippen molar-refractivity contribution in [2.24, 2.45) is 0 Å². The third kappa shape index (κ3) is 8.24. The van der Waals surface area contributed by atoms with E-state index >= 15 is 0 Å². The molecule has 0 aliphatic carbocycles. The van der Waals surface area contributed by atoms with Gasteiger partial charge >= 0.3 is 5.97 Å². The van der Waals surface area contributed by atoms with E-state index in [0.29, 0.717) is 29.5 Å². The molecule has 0 bridgehead atoms. The second-order valence-corrected chi connectivity index (χ2v) is 7.44. The molecular formula is C25H31NO5. The van der Waals surface area contributed by atoms with Gasteiger partial charge in [-0.3, -0.25) is 14.4 Å². The van der Waals surface area contributed by atoms with Crippen molar-refractivity contribution in [2.75, 3.05) is 18.5 Å². The number of carbonyl (C=O) groups excluding carboxylic acids is 3. The molecule has 1 amide bonds. The zero-order valence-corrected chi connectivity index (χ0v) is 18.5. The first kappa shape index (κ1) is 24.1. The summed E-state index contributed by atoms with van der Waals surface area (Å²) in [6, 6.07) is 14.4. The van der Waals surface area contributed by atoms with Gasteiger partial charge in [0, 0.05) is 17.7 Å². The Balaban J connectivity index is 1.71. The number of amides is 1. The first-order chi connectivity index (χ1) is 14.9. The van der Waals surface area contributed by atoms with Gasteiger partial charge in [0.25, 0.3) is 5.91 Å². The number of hydrogen-bond donors (Lipinski definition) is 1. The lowest BCUT2D eigenvalue weighted by Gasteiger charge is -2.10. The van der Waals surface area contributed by atoms with E-state index in [1.807, 2.05) is 31.2 Å². The van der Waals surface area contributed by atoms with Crippen LogP contribution in [0.2, 0.25) is 0 Å². The highest BCUT2D eigenvalue weighted by Gasteiger charge is 2.12. The maximum atomic E-state index is 12.2. The zero-order chi connectivity index (χ0) is 22.6. The third-order valence-electron chi connectivity index (χ3n) is 4.95. The van der Waals surface area contributed by atoms with E-state index < -0.39 is 11.9 Å². The van der Waals surface area contributed by atoms with Gasteiger partial charge in [-0.25, -0.2) is 0 Å². The Morgan fingerprint density at radius 1 is 0.935 bits per heavy atom. The highest BCUT2D eigenvalue weighted by molar-refractivity contribution is 5.98. The number of Topliss-reactive ketones (excluding diaryl/α,β-unsaturated/α-hetero) is 1. The second kappa shape index (κ2) is 12.5. The summed E-state index contributed by atoms with van der Waals surface area (Å²) in [5, 5.41) is 2.70. The number of hydrogen-bond acceptors (Lipinski definition) is 5. The van der Waals surface area contributed by atoms with Crippen molar-refractivity contribution in [3.63, 3.8) is 0 Å². The van der Waals surface area contributed by atoms with Crippen LogP contribution in [0.5, 0.6) is 5.75 Å². The van der Waals surface area contributed by atoms with Crippen molar-refractivity contribution >= 4 is 23.3 Å². The molecule has 31 heavy (non-hydrogen) atoms. The van der Waals surface area contributed by atoms with E-state index in [4.69, 9.17) is 9.47 Å². The lowest BCUT2D eigenvalue weighted by Crippen LogP contribution is -2.21. The molecule has 2 rings (SSSR count). The number of esters is 1. The third-order valence-corrected chi connectivity index (χ3v) is 4.95. The summed E-state index contributed by atoms with van der Waals surface area (Å²) in [5.74, 6) is 0.000995. The fourth-order valence-corrected chi connectivity index (χ4v) is 2.86. The van der Waals surface area contributed by atoms with Crippen molar-refractivity contribution in [3.05, 3.63) is 59.7 Å². The molecule has 0 saturated carbocycles. The van der Waals surface area contributed by atoms with Gasteiger partial charge in [-0.1, -0.05) is 32.9 Å². The van der Waals surface area contributed by atoms with Crippen molar-refractivity contribution in [2.45, 2.75) is 52.4 Å². The van der Waals surface area contributed by atoms with Crippen molar-refractivity contribution < 1.29 is 23.9 Å². The predicted octanol–water partition coefficient (Wildman–Crippen LogP) is 5.13. The van der Waals surface area contributed by atoms with Crippen molar-refractivity contribution in [1.82, 2.24) is 0 Å². The number of anilines is 1. The van der Waals surface area contributed by atoms with Gasteiger partial charge in [0.15, 0.2) is 12.4 Å². The number of carbonyl (C=O) groups is 3. The molecule has 0 aliphatic rings. The van der Waals surface area contributed by atoms with E-state index in [1.165, 1.54) is 5.56 Å². The zero-order valence-electron chi connectivity index (χ0n) is 18.5. The van der Waals surface area contributed by atoms with E-state index in [9.17, 15) is 14.4 Å². The molecule has 0 aliphatic heterocycles. The number of benzene rings is 2. The molecule has 0 heterocycles. The summed E-state index contributed by atoms with van der Waals surface area (Å²) >= 11 is 0. The highest BCUT2D eigenvalue weighted by atomic mass is 16.5. The molecular weight excluding hydrogens is 394 g/mol. The summed E-state index contributed by atoms with van der Waals surface area (Å²) < 4.78 is 10.5.